The van der Waals surface area contributed by atoms with Crippen molar-refractivity contribution in [1.82, 2.24) is 9.97 Å². The van der Waals surface area contributed by atoms with Gasteiger partial charge in [-0.2, -0.15) is 0 Å². The third kappa shape index (κ3) is 7.64. The first kappa shape index (κ1) is 38.5. The van der Waals surface area contributed by atoms with Gasteiger partial charge in [0.2, 0.25) is 0 Å². The number of hydrogen-bond donors (Lipinski definition) is 4. The highest BCUT2D eigenvalue weighted by Crippen LogP contribution is 2.42. The number of aliphatic imine (C=N–C) groups is 2. The molecule has 1 aliphatic carbocycles. The first-order valence-electron chi connectivity index (χ1n) is 20.8. The van der Waals surface area contributed by atoms with Gasteiger partial charge in [0, 0.05) is 73.0 Å². The lowest BCUT2D eigenvalue weighted by Crippen LogP contribution is -2.08. The molecule has 0 unspecified atom stereocenters. The molecule has 60 heavy (non-hydrogen) atoms. The second kappa shape index (κ2) is 17.0. The fraction of sp³-hybridized carbons (Fsp3) is 0.192. The molecule has 0 spiro atoms. The normalized spacial score (nSPS) is 15.8. The summed E-state index contributed by atoms with van der Waals surface area (Å²) >= 11 is 0. The largest absolute Gasteiger partial charge is 0.507 e. The van der Waals surface area contributed by atoms with Gasteiger partial charge in [0.15, 0.2) is 0 Å². The van der Waals surface area contributed by atoms with E-state index in [1.807, 2.05) is 73.4 Å². The van der Waals surface area contributed by atoms with Gasteiger partial charge in [-0.05, 0) is 141 Å². The molecule has 4 heterocycles. The van der Waals surface area contributed by atoms with E-state index in [9.17, 15) is 10.2 Å². The van der Waals surface area contributed by atoms with Crippen LogP contribution in [-0.2, 0) is 25.7 Å². The van der Waals surface area contributed by atoms with Crippen molar-refractivity contribution in [3.8, 4) is 23.0 Å². The Morgan fingerprint density at radius 1 is 0.533 bits per heavy atom. The summed E-state index contributed by atoms with van der Waals surface area (Å²) in [7, 11) is 0. The molecule has 0 amide bonds. The molecule has 3 aliphatic rings. The van der Waals surface area contributed by atoms with Gasteiger partial charge in [0.25, 0.3) is 0 Å². The Bertz CT molecular complexity index is 2440. The molecule has 4 aromatic carbocycles. The van der Waals surface area contributed by atoms with Crippen molar-refractivity contribution < 1.29 is 19.7 Å². The van der Waals surface area contributed by atoms with Crippen LogP contribution in [0.2, 0.25) is 0 Å². The van der Waals surface area contributed by atoms with Gasteiger partial charge in [-0.25, -0.2) is 0 Å². The molecule has 0 atom stereocenters. The quantitative estimate of drug-likeness (QED) is 0.110. The maximum atomic E-state index is 12.3. The zero-order chi connectivity index (χ0) is 41.0. The number of rotatable bonds is 10. The van der Waals surface area contributed by atoms with Gasteiger partial charge in [0.05, 0.1) is 24.6 Å². The van der Waals surface area contributed by atoms with Crippen LogP contribution in [0.4, 0.5) is 0 Å². The van der Waals surface area contributed by atoms with Crippen molar-refractivity contribution in [2.24, 2.45) is 9.98 Å². The molecule has 4 N–H and O–H groups in total. The smallest absolute Gasteiger partial charge is 0.126 e. The van der Waals surface area contributed by atoms with Gasteiger partial charge in [-0.3, -0.25) is 9.98 Å². The first-order chi connectivity index (χ1) is 29.5. The maximum Gasteiger partial charge on any atom is 0.126 e. The van der Waals surface area contributed by atoms with Crippen LogP contribution in [-0.4, -0.2) is 45.8 Å². The van der Waals surface area contributed by atoms with Crippen molar-refractivity contribution in [3.05, 3.63) is 200 Å². The van der Waals surface area contributed by atoms with E-state index in [1.54, 1.807) is 0 Å². The molecule has 6 aromatic rings. The van der Waals surface area contributed by atoms with Gasteiger partial charge in [-0.1, -0.05) is 50.2 Å². The Balaban J connectivity index is 1.29. The summed E-state index contributed by atoms with van der Waals surface area (Å²) in [6.45, 7) is 5.24. The number of benzene rings is 4. The van der Waals surface area contributed by atoms with Crippen LogP contribution >= 0.6 is 0 Å². The lowest BCUT2D eigenvalue weighted by atomic mass is 9.87. The molecule has 9 rings (SSSR count). The molecule has 2 aromatic heterocycles. The number of hydrogen-bond acceptors (Lipinski definition) is 6. The average Bonchev–Trinajstić information content (AvgIpc) is 4.11. The summed E-state index contributed by atoms with van der Waals surface area (Å²) in [5, 5.41) is 24.7. The molecule has 0 radical (unpaired) electrons. The Hall–Kier alpha value is -7.06. The minimum atomic E-state index is 0.242. The zero-order valence-corrected chi connectivity index (χ0v) is 34.0. The Kier molecular flexibility index (Phi) is 10.9. The summed E-state index contributed by atoms with van der Waals surface area (Å²) in [6, 6.07) is 28.9. The van der Waals surface area contributed by atoms with Crippen LogP contribution in [0.25, 0.3) is 11.1 Å². The van der Waals surface area contributed by atoms with E-state index in [4.69, 9.17) is 19.5 Å². The van der Waals surface area contributed by atoms with Crippen molar-refractivity contribution in [2.45, 2.75) is 52.4 Å². The topological polar surface area (TPSA) is 115 Å². The lowest BCUT2D eigenvalue weighted by Gasteiger charge is -2.22. The molecule has 0 fully saturated rings. The number of aromatic amines is 2. The molecular weight excluding hydrogens is 745 g/mol. The predicted molar refractivity (Wildman–Crippen MR) is 241 cm³/mol. The Morgan fingerprint density at radius 3 is 1.22 bits per heavy atom. The van der Waals surface area contributed by atoms with Gasteiger partial charge < -0.3 is 29.7 Å². The van der Waals surface area contributed by atoms with Crippen LogP contribution in [0, 0.1) is 0 Å². The summed E-state index contributed by atoms with van der Waals surface area (Å²) in [5.74, 6) is 2.02. The van der Waals surface area contributed by atoms with E-state index in [0.29, 0.717) is 38.9 Å². The number of phenolic OH excluding ortho intramolecular Hbond substituents is 2. The third-order valence-corrected chi connectivity index (χ3v) is 11.2. The lowest BCUT2D eigenvalue weighted by molar-refractivity contribution is 0.311. The second-order valence-corrected chi connectivity index (χ2v) is 15.5. The number of aromatic hydroxyl groups is 2. The van der Waals surface area contributed by atoms with E-state index in [1.165, 1.54) is 0 Å². The summed E-state index contributed by atoms with van der Waals surface area (Å²) in [5.41, 5.74) is 14.2. The van der Waals surface area contributed by atoms with Crippen LogP contribution < -0.4 is 9.47 Å². The molecule has 8 heteroatoms. The molecule has 300 valence electrons. The number of fused-ring (bicyclic) bond motifs is 8. The maximum absolute atomic E-state index is 12.3. The zero-order valence-electron chi connectivity index (χ0n) is 34.0. The molecule has 2 aliphatic heterocycles. The van der Waals surface area contributed by atoms with Crippen LogP contribution in [0.1, 0.15) is 93.7 Å². The number of ether oxygens (including phenoxy) is 2. The molecule has 8 nitrogen and oxygen atoms in total. The summed E-state index contributed by atoms with van der Waals surface area (Å²) in [6.07, 6.45) is 18.7. The summed E-state index contributed by atoms with van der Waals surface area (Å²) in [4.78, 5) is 16.3. The fourth-order valence-electron chi connectivity index (χ4n) is 8.53. The Labute approximate surface area is 350 Å². The van der Waals surface area contributed by atoms with E-state index in [2.05, 4.69) is 84.5 Å². The number of phenols is 2. The standard InChI is InChI=1S/C52H48N4O4/c1-3-23-59-51-33-11-5-12-34(51)26-40-30-38(48(45-17-9-21-55-45)46-18-10-22-56-46)32-42(50(40)58)28-36-14-6-13-35(52(36)60-24-4-2)27-41-31-37(29-39(25-33)49(41)57)47(43-15-7-19-53-43)44-16-8-20-54-44/h5-22,29-32,53,55,57-58H,3-4,23-28H2,1-2H3/b47-44+,48-46+. The Morgan fingerprint density at radius 2 is 0.917 bits per heavy atom. The molecular formula is C52H48N4O4. The minimum Gasteiger partial charge on any atom is -0.507 e. The van der Waals surface area contributed by atoms with Gasteiger partial charge in [-0.15, -0.1) is 0 Å². The van der Waals surface area contributed by atoms with Crippen molar-refractivity contribution >= 4 is 23.6 Å². The van der Waals surface area contributed by atoms with E-state index in [-0.39, 0.29) is 11.5 Å². The molecule has 0 saturated heterocycles. The van der Waals surface area contributed by atoms with Crippen LogP contribution in [0.5, 0.6) is 23.0 Å². The average molecular weight is 793 g/mol. The summed E-state index contributed by atoms with van der Waals surface area (Å²) < 4.78 is 13.3. The first-order valence-corrected chi connectivity index (χ1v) is 20.8. The van der Waals surface area contributed by atoms with Gasteiger partial charge >= 0.3 is 0 Å². The molecule has 8 bridgehead atoms. The fourth-order valence-corrected chi connectivity index (χ4v) is 8.53. The highest BCUT2D eigenvalue weighted by atomic mass is 16.5. The molecule has 0 saturated carbocycles. The monoisotopic (exact) mass is 792 g/mol. The third-order valence-electron chi connectivity index (χ3n) is 11.2. The number of aromatic nitrogens is 2. The van der Waals surface area contributed by atoms with Crippen molar-refractivity contribution in [2.75, 3.05) is 13.2 Å². The minimum absolute atomic E-state index is 0.242. The highest BCUT2D eigenvalue weighted by Gasteiger charge is 2.25. The van der Waals surface area contributed by atoms with E-state index >= 15 is 0 Å². The van der Waals surface area contributed by atoms with Crippen LogP contribution in [0.3, 0.4) is 0 Å². The van der Waals surface area contributed by atoms with Gasteiger partial charge in [0.1, 0.15) is 23.0 Å². The van der Waals surface area contributed by atoms with Crippen molar-refractivity contribution in [1.29, 1.82) is 0 Å². The number of para-hydroxylation sites is 2. The SMILES string of the molecule is CCCOc1c2cccc1Cc1cc(/C(=C3/C=CC=N3)c3ccc[nH]3)cc(c1O)Cc1cccc(c1OCCC)Cc1cc(/C(=C3/C=CC=N3)c3ccc[nH]3)cc(c1O)C2. The predicted octanol–water partition coefficient (Wildman–Crippen LogP) is 10.8. The highest BCUT2D eigenvalue weighted by molar-refractivity contribution is 5.90. The second-order valence-electron chi connectivity index (χ2n) is 15.5. The number of allylic oxidation sites excluding steroid dienone is 4. The van der Waals surface area contributed by atoms with E-state index < -0.39 is 0 Å². The van der Waals surface area contributed by atoms with Crippen molar-refractivity contribution in [3.63, 3.8) is 0 Å². The number of nitrogens with zero attached hydrogens (tertiary/aromatic N) is 2. The van der Waals surface area contributed by atoms with Crippen LogP contribution in [0.15, 0.2) is 143 Å². The number of H-pyrrole nitrogens is 2. The van der Waals surface area contributed by atoms with E-state index in [0.717, 1.165) is 114 Å². The number of nitrogens with one attached hydrogen (secondary N) is 2.